The van der Waals surface area contributed by atoms with Gasteiger partial charge in [0.1, 0.15) is 13.2 Å². The molecule has 1 atom stereocenters. The van der Waals surface area contributed by atoms with Crippen molar-refractivity contribution in [2.24, 2.45) is 0 Å². The number of unbranched alkanes of at least 4 members (excludes halogenated alkanes) is 26. The molecular formula is C68H112O6. The number of rotatable bonds is 54. The van der Waals surface area contributed by atoms with Gasteiger partial charge in [0.2, 0.25) is 0 Å². The molecule has 420 valence electrons. The number of hydrogen-bond donors (Lipinski definition) is 0. The Kier molecular flexibility index (Phi) is 57.9. The number of hydrogen-bond acceptors (Lipinski definition) is 6. The summed E-state index contributed by atoms with van der Waals surface area (Å²) in [5, 5.41) is 0. The molecule has 0 bridgehead atoms. The maximum absolute atomic E-state index is 12.9. The molecule has 0 aliphatic rings. The second-order valence-electron chi connectivity index (χ2n) is 20.0. The average molecular weight is 1030 g/mol. The molecule has 0 saturated heterocycles. The number of ether oxygens (including phenoxy) is 3. The SMILES string of the molecule is CC/C=C\C/C=C\C/C=C\C/C=C\C/C=C\CCCCCC(=O)OCC(COC(=O)CCCCCCC\C=C/C=C\C=C/C=C\CCCCC)OC(=O)CCCCCCCCC/C=C\CCCCCCCCCC. The Morgan fingerprint density at radius 1 is 0.297 bits per heavy atom. The van der Waals surface area contributed by atoms with E-state index in [1.807, 2.05) is 0 Å². The molecular weight excluding hydrogens is 913 g/mol. The van der Waals surface area contributed by atoms with Gasteiger partial charge in [-0.05, 0) is 116 Å². The van der Waals surface area contributed by atoms with Crippen LogP contribution in [0.1, 0.15) is 271 Å². The Labute approximate surface area is 456 Å². The van der Waals surface area contributed by atoms with Crippen molar-refractivity contribution >= 4 is 17.9 Å². The molecule has 0 aliphatic carbocycles. The van der Waals surface area contributed by atoms with Gasteiger partial charge in [-0.2, -0.15) is 0 Å². The van der Waals surface area contributed by atoms with Gasteiger partial charge in [0.25, 0.3) is 0 Å². The van der Waals surface area contributed by atoms with E-state index in [9.17, 15) is 14.4 Å². The third-order valence-electron chi connectivity index (χ3n) is 12.8. The summed E-state index contributed by atoms with van der Waals surface area (Å²) in [6, 6.07) is 0. The van der Waals surface area contributed by atoms with Crippen molar-refractivity contribution in [3.63, 3.8) is 0 Å². The second-order valence-corrected chi connectivity index (χ2v) is 20.0. The summed E-state index contributed by atoms with van der Waals surface area (Å²) < 4.78 is 16.9. The zero-order valence-electron chi connectivity index (χ0n) is 48.1. The van der Waals surface area contributed by atoms with E-state index < -0.39 is 6.10 Å². The Balaban J connectivity index is 4.52. The van der Waals surface area contributed by atoms with Gasteiger partial charge in [0, 0.05) is 19.3 Å². The zero-order chi connectivity index (χ0) is 53.6. The third kappa shape index (κ3) is 58.7. The van der Waals surface area contributed by atoms with Crippen molar-refractivity contribution in [3.8, 4) is 0 Å². The Morgan fingerprint density at radius 3 is 1.00 bits per heavy atom. The van der Waals surface area contributed by atoms with E-state index >= 15 is 0 Å². The molecule has 74 heavy (non-hydrogen) atoms. The van der Waals surface area contributed by atoms with Crippen molar-refractivity contribution in [1.82, 2.24) is 0 Å². The molecule has 0 aromatic heterocycles. The van der Waals surface area contributed by atoms with Gasteiger partial charge in [-0.25, -0.2) is 0 Å². The lowest BCUT2D eigenvalue weighted by molar-refractivity contribution is -0.167. The van der Waals surface area contributed by atoms with Crippen LogP contribution in [0.15, 0.2) is 122 Å². The molecule has 0 rings (SSSR count). The molecule has 0 N–H and O–H groups in total. The van der Waals surface area contributed by atoms with Crippen molar-refractivity contribution in [3.05, 3.63) is 122 Å². The molecule has 0 saturated carbocycles. The molecule has 0 aromatic rings. The first-order valence-electron chi connectivity index (χ1n) is 30.6. The Hall–Kier alpha value is -4.19. The van der Waals surface area contributed by atoms with Crippen molar-refractivity contribution < 1.29 is 28.6 Å². The van der Waals surface area contributed by atoms with Crippen LogP contribution >= 0.6 is 0 Å². The molecule has 0 amide bonds. The van der Waals surface area contributed by atoms with E-state index in [1.54, 1.807) is 0 Å². The zero-order valence-corrected chi connectivity index (χ0v) is 48.1. The summed E-state index contributed by atoms with van der Waals surface area (Å²) in [7, 11) is 0. The predicted octanol–water partition coefficient (Wildman–Crippen LogP) is 20.8. The van der Waals surface area contributed by atoms with Gasteiger partial charge in [0.15, 0.2) is 6.10 Å². The minimum Gasteiger partial charge on any atom is -0.462 e. The first-order valence-corrected chi connectivity index (χ1v) is 30.6. The van der Waals surface area contributed by atoms with Gasteiger partial charge in [-0.3, -0.25) is 14.4 Å². The normalized spacial score (nSPS) is 13.0. The van der Waals surface area contributed by atoms with Crippen LogP contribution in [0.5, 0.6) is 0 Å². The fraction of sp³-hybridized carbons (Fsp3) is 0.662. The maximum Gasteiger partial charge on any atom is 0.306 e. The van der Waals surface area contributed by atoms with Gasteiger partial charge in [0.05, 0.1) is 0 Å². The van der Waals surface area contributed by atoms with Crippen molar-refractivity contribution in [2.75, 3.05) is 13.2 Å². The number of esters is 3. The van der Waals surface area contributed by atoms with Crippen molar-refractivity contribution in [1.29, 1.82) is 0 Å². The number of carbonyl (C=O) groups is 3. The fourth-order valence-electron chi connectivity index (χ4n) is 8.18. The third-order valence-corrected chi connectivity index (χ3v) is 12.8. The summed E-state index contributed by atoms with van der Waals surface area (Å²) >= 11 is 0. The Bertz CT molecular complexity index is 1550. The van der Waals surface area contributed by atoms with Crippen LogP contribution in [0.2, 0.25) is 0 Å². The monoisotopic (exact) mass is 1020 g/mol. The van der Waals surface area contributed by atoms with E-state index in [2.05, 4.69) is 142 Å². The highest BCUT2D eigenvalue weighted by Gasteiger charge is 2.19. The highest BCUT2D eigenvalue weighted by atomic mass is 16.6. The van der Waals surface area contributed by atoms with Crippen LogP contribution in [0.25, 0.3) is 0 Å². The van der Waals surface area contributed by atoms with Crippen LogP contribution in [0.4, 0.5) is 0 Å². The molecule has 6 heteroatoms. The summed E-state index contributed by atoms with van der Waals surface area (Å²) in [5.74, 6) is -0.961. The summed E-state index contributed by atoms with van der Waals surface area (Å²) in [6.07, 6.45) is 84.7. The number of allylic oxidation sites excluding steroid dienone is 20. The highest BCUT2D eigenvalue weighted by molar-refractivity contribution is 5.71. The molecule has 0 aromatic carbocycles. The first-order chi connectivity index (χ1) is 36.5. The van der Waals surface area contributed by atoms with Gasteiger partial charge in [-0.1, -0.05) is 258 Å². The maximum atomic E-state index is 12.9. The minimum absolute atomic E-state index is 0.105. The van der Waals surface area contributed by atoms with E-state index in [0.717, 1.165) is 122 Å². The lowest BCUT2D eigenvalue weighted by atomic mass is 10.1. The van der Waals surface area contributed by atoms with E-state index in [-0.39, 0.29) is 31.1 Å². The van der Waals surface area contributed by atoms with Gasteiger partial charge in [-0.15, -0.1) is 0 Å². The number of carbonyl (C=O) groups excluding carboxylic acids is 3. The van der Waals surface area contributed by atoms with Crippen LogP contribution in [-0.4, -0.2) is 37.2 Å². The molecule has 1 unspecified atom stereocenters. The topological polar surface area (TPSA) is 78.9 Å². The summed E-state index contributed by atoms with van der Waals surface area (Å²) in [5.41, 5.74) is 0. The minimum atomic E-state index is -0.809. The van der Waals surface area contributed by atoms with Crippen LogP contribution < -0.4 is 0 Å². The smallest absolute Gasteiger partial charge is 0.306 e. The average Bonchev–Trinajstić information content (AvgIpc) is 3.40. The summed E-state index contributed by atoms with van der Waals surface area (Å²) in [4.78, 5) is 38.3. The molecule has 6 nitrogen and oxygen atoms in total. The molecule has 0 radical (unpaired) electrons. The molecule has 0 heterocycles. The van der Waals surface area contributed by atoms with Crippen molar-refractivity contribution in [2.45, 2.75) is 277 Å². The van der Waals surface area contributed by atoms with Crippen LogP contribution in [0, 0.1) is 0 Å². The second kappa shape index (κ2) is 61.4. The molecule has 0 spiro atoms. The van der Waals surface area contributed by atoms with E-state index in [0.29, 0.717) is 19.3 Å². The van der Waals surface area contributed by atoms with E-state index in [4.69, 9.17) is 14.2 Å². The largest absolute Gasteiger partial charge is 0.462 e. The lowest BCUT2D eigenvalue weighted by Crippen LogP contribution is -2.30. The lowest BCUT2D eigenvalue weighted by Gasteiger charge is -2.18. The van der Waals surface area contributed by atoms with Crippen LogP contribution in [0.3, 0.4) is 0 Å². The standard InChI is InChI=1S/C68H112O6/c1-4-7-10-13-16-19-22-25-28-31-34-37-40-43-46-49-52-55-58-61-67(70)73-64-65(63-72-66(69)60-57-54-51-48-45-42-39-36-33-30-27-24-21-18-15-12-9-6-3)74-68(71)62-59-56-53-50-47-44-41-38-35-32-29-26-23-20-17-14-11-8-5-2/h7,10,16,18-19,21,24-25,27-28,30,32-37,39,43,46,65H,4-6,8-9,11-15,17,20,22-23,26,29,31,38,40-42,44-45,47-64H2,1-3H3/b10-7-,19-16-,21-18-,27-24-,28-25-,33-30-,35-32-,37-34-,39-36-,46-43-. The quantitative estimate of drug-likeness (QED) is 0.0199. The van der Waals surface area contributed by atoms with Gasteiger partial charge < -0.3 is 14.2 Å². The van der Waals surface area contributed by atoms with E-state index in [1.165, 1.54) is 109 Å². The van der Waals surface area contributed by atoms with Crippen LogP contribution in [-0.2, 0) is 28.6 Å². The molecule has 0 aliphatic heterocycles. The predicted molar refractivity (Wildman–Crippen MR) is 320 cm³/mol. The fourth-order valence-corrected chi connectivity index (χ4v) is 8.18. The summed E-state index contributed by atoms with van der Waals surface area (Å²) in [6.45, 7) is 6.45. The first kappa shape index (κ1) is 69.8. The highest BCUT2D eigenvalue weighted by Crippen LogP contribution is 2.14. The molecule has 0 fully saturated rings. The van der Waals surface area contributed by atoms with Gasteiger partial charge >= 0.3 is 17.9 Å². The Morgan fingerprint density at radius 2 is 0.581 bits per heavy atom.